The van der Waals surface area contributed by atoms with Gasteiger partial charge in [0.25, 0.3) is 5.69 Å². The first-order valence-corrected chi connectivity index (χ1v) is 6.17. The van der Waals surface area contributed by atoms with Crippen LogP contribution in [0.4, 0.5) is 11.5 Å². The van der Waals surface area contributed by atoms with E-state index in [1.165, 1.54) is 6.07 Å². The molecule has 0 spiro atoms. The Labute approximate surface area is 121 Å². The Kier molecular flexibility index (Phi) is 3.87. The summed E-state index contributed by atoms with van der Waals surface area (Å²) < 4.78 is 6.16. The fraction of sp³-hybridized carbons (Fsp3) is 0. The molecule has 19 heavy (non-hydrogen) atoms. The molecule has 0 amide bonds. The lowest BCUT2D eigenvalue weighted by atomic mass is 10.3. The second-order valence-corrected chi connectivity index (χ2v) is 4.85. The number of nitrogen functional groups attached to an aromatic ring is 1. The molecule has 0 radical (unpaired) electrons. The summed E-state index contributed by atoms with van der Waals surface area (Å²) in [5.74, 6) is 0.324. The van der Waals surface area contributed by atoms with E-state index < -0.39 is 4.92 Å². The Hall–Kier alpha value is -1.86. The fourth-order valence-corrected chi connectivity index (χ4v) is 1.83. The number of nitro groups is 1. The topological polar surface area (TPSA) is 91.3 Å². The van der Waals surface area contributed by atoms with Crippen LogP contribution in [0.3, 0.4) is 0 Å². The quantitative estimate of drug-likeness (QED) is 0.676. The lowest BCUT2D eigenvalue weighted by Gasteiger charge is -2.07. The zero-order valence-electron chi connectivity index (χ0n) is 9.34. The molecule has 0 unspecified atom stereocenters. The molecule has 1 heterocycles. The van der Waals surface area contributed by atoms with Crippen LogP contribution in [0.25, 0.3) is 0 Å². The predicted molar refractivity (Wildman–Crippen MR) is 74.5 cm³/mol. The molecule has 2 aromatic rings. The van der Waals surface area contributed by atoms with E-state index in [1.54, 1.807) is 18.2 Å². The minimum absolute atomic E-state index is 0.00433. The molecule has 0 aliphatic heterocycles. The van der Waals surface area contributed by atoms with Gasteiger partial charge in [0.1, 0.15) is 11.6 Å². The number of nitrogens with zero attached hydrogens (tertiary/aromatic N) is 2. The predicted octanol–water partition coefficient (Wildman–Crippen LogP) is 3.78. The maximum absolute atomic E-state index is 10.7. The van der Waals surface area contributed by atoms with Crippen molar-refractivity contribution < 1.29 is 9.66 Å². The third kappa shape index (κ3) is 3.33. The van der Waals surface area contributed by atoms with Crippen LogP contribution in [0.2, 0.25) is 5.02 Å². The maximum Gasteiger partial charge on any atom is 0.278 e. The van der Waals surface area contributed by atoms with Gasteiger partial charge in [0.2, 0.25) is 5.88 Å². The van der Waals surface area contributed by atoms with Crippen LogP contribution < -0.4 is 10.5 Å². The summed E-state index contributed by atoms with van der Waals surface area (Å²) in [5.41, 5.74) is 5.28. The first-order chi connectivity index (χ1) is 8.95. The van der Waals surface area contributed by atoms with Gasteiger partial charge in [-0.2, -0.15) is 4.98 Å². The normalized spacial score (nSPS) is 10.2. The highest BCUT2D eigenvalue weighted by molar-refractivity contribution is 9.10. The van der Waals surface area contributed by atoms with E-state index in [9.17, 15) is 10.1 Å². The average Bonchev–Trinajstić information content (AvgIpc) is 2.33. The smallest absolute Gasteiger partial charge is 0.278 e. The van der Waals surface area contributed by atoms with Crippen molar-refractivity contribution in [2.75, 3.05) is 5.73 Å². The van der Waals surface area contributed by atoms with Crippen molar-refractivity contribution in [2.45, 2.75) is 0 Å². The largest absolute Gasteiger partial charge is 0.437 e. The maximum atomic E-state index is 10.7. The molecule has 98 valence electrons. The van der Waals surface area contributed by atoms with Crippen molar-refractivity contribution in [2.24, 2.45) is 0 Å². The second-order valence-electron chi connectivity index (χ2n) is 3.52. The van der Waals surface area contributed by atoms with Gasteiger partial charge in [-0.25, -0.2) is 0 Å². The molecule has 0 saturated heterocycles. The molecule has 1 aromatic heterocycles. The van der Waals surface area contributed by atoms with Gasteiger partial charge >= 0.3 is 0 Å². The van der Waals surface area contributed by atoms with E-state index in [0.717, 1.165) is 10.5 Å². The summed E-state index contributed by atoms with van der Waals surface area (Å²) in [5, 5.41) is 11.1. The van der Waals surface area contributed by atoms with Gasteiger partial charge in [-0.15, -0.1) is 0 Å². The van der Waals surface area contributed by atoms with Crippen molar-refractivity contribution >= 4 is 39.0 Å². The van der Waals surface area contributed by atoms with Crippen molar-refractivity contribution in [3.8, 4) is 11.6 Å². The van der Waals surface area contributed by atoms with E-state index in [0.29, 0.717) is 10.8 Å². The number of rotatable bonds is 3. The van der Waals surface area contributed by atoms with Crippen molar-refractivity contribution in [3.63, 3.8) is 0 Å². The number of pyridine rings is 1. The van der Waals surface area contributed by atoms with Crippen LogP contribution >= 0.6 is 27.5 Å². The van der Waals surface area contributed by atoms with E-state index >= 15 is 0 Å². The monoisotopic (exact) mass is 343 g/mol. The Balaban J connectivity index is 2.38. The number of ether oxygens (including phenoxy) is 1. The van der Waals surface area contributed by atoms with Gasteiger partial charge in [-0.1, -0.05) is 27.5 Å². The number of nitrogens with two attached hydrogens (primary N) is 1. The van der Waals surface area contributed by atoms with Gasteiger partial charge in [0.15, 0.2) is 0 Å². The van der Waals surface area contributed by atoms with Crippen LogP contribution in [-0.2, 0) is 0 Å². The lowest BCUT2D eigenvalue weighted by Crippen LogP contribution is -1.97. The molecule has 1 aromatic carbocycles. The summed E-state index contributed by atoms with van der Waals surface area (Å²) in [6.45, 7) is 0. The van der Waals surface area contributed by atoms with E-state index in [1.807, 2.05) is 0 Å². The van der Waals surface area contributed by atoms with Gasteiger partial charge in [-0.05, 0) is 18.2 Å². The van der Waals surface area contributed by atoms with Crippen LogP contribution in [0.15, 0.2) is 34.8 Å². The molecule has 0 bridgehead atoms. The molecular weight excluding hydrogens is 337 g/mol. The molecule has 0 aliphatic rings. The molecule has 6 nitrogen and oxygen atoms in total. The van der Waals surface area contributed by atoms with Crippen molar-refractivity contribution in [1.29, 1.82) is 0 Å². The number of anilines is 1. The molecule has 0 aliphatic carbocycles. The Morgan fingerprint density at radius 3 is 2.79 bits per heavy atom. The van der Waals surface area contributed by atoms with Crippen LogP contribution in [0.1, 0.15) is 0 Å². The van der Waals surface area contributed by atoms with Crippen LogP contribution in [0, 0.1) is 10.1 Å². The number of benzene rings is 1. The lowest BCUT2D eigenvalue weighted by molar-refractivity contribution is -0.384. The number of hydrogen-bond donors (Lipinski definition) is 1. The summed E-state index contributed by atoms with van der Waals surface area (Å²) in [6, 6.07) is 7.31. The molecule has 2 N–H and O–H groups in total. The zero-order valence-corrected chi connectivity index (χ0v) is 11.7. The molecule has 0 fully saturated rings. The molecular formula is C11H7BrClN3O3. The first kappa shape index (κ1) is 13.6. The number of aromatic nitrogens is 1. The Morgan fingerprint density at radius 2 is 2.11 bits per heavy atom. The summed E-state index contributed by atoms with van der Waals surface area (Å²) in [7, 11) is 0. The minimum atomic E-state index is -0.576. The summed E-state index contributed by atoms with van der Waals surface area (Å²) in [4.78, 5) is 14.0. The zero-order chi connectivity index (χ0) is 14.0. The third-order valence-corrected chi connectivity index (χ3v) is 2.93. The molecule has 0 saturated carbocycles. The van der Waals surface area contributed by atoms with E-state index in [4.69, 9.17) is 22.1 Å². The number of halogens is 2. The van der Waals surface area contributed by atoms with Gasteiger partial charge in [-0.3, -0.25) is 10.1 Å². The minimum Gasteiger partial charge on any atom is -0.437 e. The standard InChI is InChI=1S/C11H7BrClN3O3/c12-6-1-2-8(13)9(3-6)19-11-5-7(16(17)18)4-10(14)15-11/h1-5H,(H2,14,15). The van der Waals surface area contributed by atoms with Crippen molar-refractivity contribution in [3.05, 3.63) is 49.9 Å². The first-order valence-electron chi connectivity index (χ1n) is 5.00. The molecule has 0 atom stereocenters. The Morgan fingerprint density at radius 1 is 1.37 bits per heavy atom. The average molecular weight is 345 g/mol. The second kappa shape index (κ2) is 5.41. The van der Waals surface area contributed by atoms with Crippen molar-refractivity contribution in [1.82, 2.24) is 4.98 Å². The van der Waals surface area contributed by atoms with Gasteiger partial charge in [0.05, 0.1) is 22.1 Å². The summed E-state index contributed by atoms with van der Waals surface area (Å²) >= 11 is 9.22. The third-order valence-electron chi connectivity index (χ3n) is 2.13. The Bertz CT molecular complexity index is 651. The van der Waals surface area contributed by atoms with Crippen LogP contribution in [-0.4, -0.2) is 9.91 Å². The van der Waals surface area contributed by atoms with E-state index in [-0.39, 0.29) is 17.4 Å². The highest BCUT2D eigenvalue weighted by Gasteiger charge is 2.12. The van der Waals surface area contributed by atoms with Gasteiger partial charge in [0, 0.05) is 4.47 Å². The highest BCUT2D eigenvalue weighted by atomic mass is 79.9. The van der Waals surface area contributed by atoms with E-state index in [2.05, 4.69) is 20.9 Å². The SMILES string of the molecule is Nc1cc([N+](=O)[O-])cc(Oc2cc(Br)ccc2Cl)n1. The summed E-state index contributed by atoms with van der Waals surface area (Å²) in [6.07, 6.45) is 0. The highest BCUT2D eigenvalue weighted by Crippen LogP contribution is 2.32. The number of hydrogen-bond acceptors (Lipinski definition) is 5. The van der Waals surface area contributed by atoms with Crippen LogP contribution in [0.5, 0.6) is 11.6 Å². The van der Waals surface area contributed by atoms with Gasteiger partial charge < -0.3 is 10.5 Å². The molecule has 8 heteroatoms. The fourth-order valence-electron chi connectivity index (χ4n) is 1.34. The molecule has 2 rings (SSSR count).